The number of rotatable bonds is 2. The first-order chi connectivity index (χ1) is 9.50. The molecule has 104 valence electrons. The first-order valence-corrected chi connectivity index (χ1v) is 7.78. The molecule has 1 aliphatic heterocycles. The van der Waals surface area contributed by atoms with Crippen molar-refractivity contribution in [1.29, 1.82) is 0 Å². The number of fused-ring (bicyclic) bond motifs is 1. The Balaban J connectivity index is 2.19. The predicted octanol–water partition coefficient (Wildman–Crippen LogP) is 0.874. The first-order valence-electron chi connectivity index (χ1n) is 5.96. The van der Waals surface area contributed by atoms with Crippen molar-refractivity contribution in [2.75, 3.05) is 7.11 Å². The summed E-state index contributed by atoms with van der Waals surface area (Å²) in [5, 5.41) is 0. The minimum absolute atomic E-state index is 0.186. The van der Waals surface area contributed by atoms with Crippen molar-refractivity contribution in [2.24, 2.45) is 0 Å². The van der Waals surface area contributed by atoms with Crippen molar-refractivity contribution in [3.63, 3.8) is 0 Å². The van der Waals surface area contributed by atoms with Gasteiger partial charge in [0, 0.05) is 0 Å². The maximum atomic E-state index is 12.0. The van der Waals surface area contributed by atoms with E-state index in [4.69, 9.17) is 4.74 Å². The van der Waals surface area contributed by atoms with Gasteiger partial charge in [-0.1, -0.05) is 12.1 Å². The topological polar surface area (TPSA) is 89.1 Å². The van der Waals surface area contributed by atoms with Gasteiger partial charge in [0.15, 0.2) is 9.84 Å². The lowest BCUT2D eigenvalue weighted by Crippen LogP contribution is -2.15. The Labute approximate surface area is 115 Å². The summed E-state index contributed by atoms with van der Waals surface area (Å²) in [6.07, 6.45) is 0. The van der Waals surface area contributed by atoms with Crippen molar-refractivity contribution < 1.29 is 13.2 Å². The fraction of sp³-hybridized carbons (Fsp3) is 0.231. The smallest absolute Gasteiger partial charge is 0.255 e. The van der Waals surface area contributed by atoms with Crippen molar-refractivity contribution in [2.45, 2.75) is 11.5 Å². The van der Waals surface area contributed by atoms with Crippen LogP contribution in [-0.4, -0.2) is 25.5 Å². The summed E-state index contributed by atoms with van der Waals surface area (Å²) >= 11 is 0. The minimum atomic E-state index is -3.26. The average Bonchev–Trinajstić information content (AvgIpc) is 2.73. The highest BCUT2D eigenvalue weighted by Crippen LogP contribution is 2.28. The molecule has 0 amide bonds. The molecule has 2 aromatic rings. The molecule has 0 atom stereocenters. The van der Waals surface area contributed by atoms with Gasteiger partial charge in [0.1, 0.15) is 11.6 Å². The standard InChI is InChI=1S/C13H12N2O4S/c1-19-11-5-3-2-4-8(11)12-14-10-7-20(17,18)6-9(10)13(16)15-12/h2-5H,6-7H2,1H3,(H,14,15,16). The molecule has 0 aliphatic carbocycles. The molecule has 0 unspecified atom stereocenters. The van der Waals surface area contributed by atoms with Crippen LogP contribution in [0.3, 0.4) is 0 Å². The fourth-order valence-corrected chi connectivity index (χ4v) is 3.75. The van der Waals surface area contributed by atoms with Crippen molar-refractivity contribution in [3.05, 3.63) is 45.9 Å². The van der Waals surface area contributed by atoms with Crippen LogP contribution in [0.4, 0.5) is 0 Å². The maximum absolute atomic E-state index is 12.0. The second kappa shape index (κ2) is 4.45. The second-order valence-corrected chi connectivity index (χ2v) is 6.64. The number of nitrogens with one attached hydrogen (secondary N) is 1. The molecule has 0 saturated heterocycles. The van der Waals surface area contributed by atoms with Crippen LogP contribution in [-0.2, 0) is 21.3 Å². The van der Waals surface area contributed by atoms with E-state index in [0.717, 1.165) is 0 Å². The van der Waals surface area contributed by atoms with Crippen LogP contribution in [0.2, 0.25) is 0 Å². The van der Waals surface area contributed by atoms with E-state index in [1.54, 1.807) is 24.3 Å². The maximum Gasteiger partial charge on any atom is 0.255 e. The summed E-state index contributed by atoms with van der Waals surface area (Å²) in [7, 11) is -1.73. The Morgan fingerprint density at radius 1 is 1.25 bits per heavy atom. The first kappa shape index (κ1) is 12.9. The molecule has 0 spiro atoms. The Bertz CT molecular complexity index is 840. The van der Waals surface area contributed by atoms with Crippen LogP contribution < -0.4 is 10.3 Å². The highest BCUT2D eigenvalue weighted by atomic mass is 32.2. The molecule has 1 N–H and O–H groups in total. The van der Waals surface area contributed by atoms with Crippen LogP contribution >= 0.6 is 0 Å². The van der Waals surface area contributed by atoms with Gasteiger partial charge in [-0.3, -0.25) is 4.79 Å². The largest absolute Gasteiger partial charge is 0.496 e. The van der Waals surface area contributed by atoms with E-state index in [2.05, 4.69) is 9.97 Å². The lowest BCUT2D eigenvalue weighted by Gasteiger charge is -2.08. The third-order valence-electron chi connectivity index (χ3n) is 3.18. The van der Waals surface area contributed by atoms with Gasteiger partial charge in [0.25, 0.3) is 5.56 Å². The summed E-state index contributed by atoms with van der Waals surface area (Å²) in [6.45, 7) is 0. The summed E-state index contributed by atoms with van der Waals surface area (Å²) in [6, 6.07) is 7.10. The SMILES string of the molecule is COc1ccccc1-c1nc2c(c(=O)[nH]1)CS(=O)(=O)C2. The van der Waals surface area contributed by atoms with E-state index < -0.39 is 15.4 Å². The summed E-state index contributed by atoms with van der Waals surface area (Å²) in [5.41, 5.74) is 0.787. The van der Waals surface area contributed by atoms with Crippen LogP contribution in [0.1, 0.15) is 11.3 Å². The molecule has 1 aliphatic rings. The summed E-state index contributed by atoms with van der Waals surface area (Å²) in [5.74, 6) is 0.463. The van der Waals surface area contributed by atoms with Gasteiger partial charge < -0.3 is 9.72 Å². The number of hydrogen-bond donors (Lipinski definition) is 1. The molecule has 0 radical (unpaired) electrons. The van der Waals surface area contributed by atoms with Gasteiger partial charge in [0.05, 0.1) is 35.4 Å². The van der Waals surface area contributed by atoms with Gasteiger partial charge in [-0.25, -0.2) is 13.4 Å². The highest BCUT2D eigenvalue weighted by molar-refractivity contribution is 7.90. The van der Waals surface area contributed by atoms with E-state index in [1.165, 1.54) is 7.11 Å². The number of aromatic amines is 1. The Morgan fingerprint density at radius 3 is 2.75 bits per heavy atom. The lowest BCUT2D eigenvalue weighted by atomic mass is 10.1. The number of methoxy groups -OCH3 is 1. The van der Waals surface area contributed by atoms with Gasteiger partial charge in [-0.05, 0) is 12.1 Å². The number of H-pyrrole nitrogens is 1. The Morgan fingerprint density at radius 2 is 2.00 bits per heavy atom. The van der Waals surface area contributed by atoms with E-state index >= 15 is 0 Å². The lowest BCUT2D eigenvalue weighted by molar-refractivity contribution is 0.416. The van der Waals surface area contributed by atoms with E-state index in [-0.39, 0.29) is 17.1 Å². The number of aromatic nitrogens is 2. The van der Waals surface area contributed by atoms with E-state index in [9.17, 15) is 13.2 Å². The zero-order valence-corrected chi connectivity index (χ0v) is 11.5. The molecule has 0 fully saturated rings. The number of nitrogens with zero attached hydrogens (tertiary/aromatic N) is 1. The number of para-hydroxylation sites is 1. The predicted molar refractivity (Wildman–Crippen MR) is 73.2 cm³/mol. The summed E-state index contributed by atoms with van der Waals surface area (Å²) in [4.78, 5) is 18.9. The van der Waals surface area contributed by atoms with Crippen molar-refractivity contribution >= 4 is 9.84 Å². The van der Waals surface area contributed by atoms with Gasteiger partial charge >= 0.3 is 0 Å². The van der Waals surface area contributed by atoms with Gasteiger partial charge in [-0.2, -0.15) is 0 Å². The van der Waals surface area contributed by atoms with Crippen molar-refractivity contribution in [3.8, 4) is 17.1 Å². The quantitative estimate of drug-likeness (QED) is 0.887. The van der Waals surface area contributed by atoms with E-state index in [1.807, 2.05) is 0 Å². The van der Waals surface area contributed by atoms with Gasteiger partial charge in [0.2, 0.25) is 0 Å². The monoisotopic (exact) mass is 292 g/mol. The molecule has 2 heterocycles. The molecular weight excluding hydrogens is 280 g/mol. The third-order valence-corrected chi connectivity index (χ3v) is 4.63. The van der Waals surface area contributed by atoms with Crippen LogP contribution in [0.25, 0.3) is 11.4 Å². The molecule has 0 saturated carbocycles. The van der Waals surface area contributed by atoms with Gasteiger partial charge in [-0.15, -0.1) is 0 Å². The molecule has 1 aromatic carbocycles. The van der Waals surface area contributed by atoms with Crippen molar-refractivity contribution in [1.82, 2.24) is 9.97 Å². The molecule has 7 heteroatoms. The van der Waals surface area contributed by atoms with Crippen LogP contribution in [0.5, 0.6) is 5.75 Å². The Hall–Kier alpha value is -2.15. The summed E-state index contributed by atoms with van der Waals surface area (Å²) < 4.78 is 28.4. The Kier molecular flexibility index (Phi) is 2.86. The zero-order valence-electron chi connectivity index (χ0n) is 10.7. The molecule has 3 rings (SSSR count). The van der Waals surface area contributed by atoms with Crippen LogP contribution in [0, 0.1) is 0 Å². The number of benzene rings is 1. The average molecular weight is 292 g/mol. The normalized spacial score (nSPS) is 15.8. The zero-order chi connectivity index (χ0) is 14.3. The number of sulfone groups is 1. The molecule has 20 heavy (non-hydrogen) atoms. The third kappa shape index (κ3) is 2.09. The van der Waals surface area contributed by atoms with Crippen LogP contribution in [0.15, 0.2) is 29.1 Å². The molecule has 1 aromatic heterocycles. The molecule has 6 nitrogen and oxygen atoms in total. The number of ether oxygens (including phenoxy) is 1. The highest BCUT2D eigenvalue weighted by Gasteiger charge is 2.29. The fourth-order valence-electron chi connectivity index (χ4n) is 2.26. The molecule has 0 bridgehead atoms. The minimum Gasteiger partial charge on any atom is -0.496 e. The second-order valence-electron chi connectivity index (χ2n) is 4.57. The molecular formula is C13H12N2O4S. The number of hydrogen-bond acceptors (Lipinski definition) is 5. The van der Waals surface area contributed by atoms with E-state index in [0.29, 0.717) is 22.8 Å².